The van der Waals surface area contributed by atoms with Crippen molar-refractivity contribution in [1.82, 2.24) is 10.3 Å². The maximum absolute atomic E-state index is 13.3. The molecule has 2 aromatic rings. The lowest BCUT2D eigenvalue weighted by molar-refractivity contribution is -0.144. The van der Waals surface area contributed by atoms with Crippen molar-refractivity contribution < 1.29 is 24.2 Å². The number of amides is 1. The Kier molecular flexibility index (Phi) is 3.48. The van der Waals surface area contributed by atoms with Gasteiger partial charge >= 0.3 is 5.97 Å². The molecule has 3 N–H and O–H groups in total. The highest BCUT2D eigenvalue weighted by Crippen LogP contribution is 2.31. The van der Waals surface area contributed by atoms with E-state index in [1.165, 1.54) is 36.5 Å². The summed E-state index contributed by atoms with van der Waals surface area (Å²) in [5.41, 5.74) is -0.635. The second kappa shape index (κ2) is 5.35. The van der Waals surface area contributed by atoms with E-state index in [0.717, 1.165) is 0 Å². The molecule has 1 aliphatic carbocycles. The van der Waals surface area contributed by atoms with Gasteiger partial charge in [0.2, 0.25) is 0 Å². The number of aromatic hydroxyl groups is 1. The zero-order chi connectivity index (χ0) is 16.6. The first-order chi connectivity index (χ1) is 10.9. The van der Waals surface area contributed by atoms with E-state index in [1.54, 1.807) is 0 Å². The van der Waals surface area contributed by atoms with E-state index in [-0.39, 0.29) is 24.3 Å². The summed E-state index contributed by atoms with van der Waals surface area (Å²) in [4.78, 5) is 27.8. The van der Waals surface area contributed by atoms with Crippen molar-refractivity contribution in [2.24, 2.45) is 0 Å². The van der Waals surface area contributed by atoms with E-state index in [4.69, 9.17) is 0 Å². The van der Waals surface area contributed by atoms with Crippen LogP contribution in [0.4, 0.5) is 4.39 Å². The van der Waals surface area contributed by atoms with Gasteiger partial charge < -0.3 is 15.5 Å². The van der Waals surface area contributed by atoms with Crippen LogP contribution in [-0.4, -0.2) is 32.6 Å². The molecule has 1 aromatic carbocycles. The molecule has 0 fully saturated rings. The molecule has 0 saturated heterocycles. The molecule has 0 saturated carbocycles. The molecule has 0 bridgehead atoms. The lowest BCUT2D eigenvalue weighted by atomic mass is 9.95. The number of carbonyl (C=O) groups is 2. The first kappa shape index (κ1) is 15.0. The Morgan fingerprint density at radius 2 is 1.96 bits per heavy atom. The fourth-order valence-electron chi connectivity index (χ4n) is 2.79. The largest absolute Gasteiger partial charge is 0.505 e. The number of carboxylic acid groups (broad SMARTS) is 1. The highest BCUT2D eigenvalue weighted by atomic mass is 19.1. The zero-order valence-electron chi connectivity index (χ0n) is 11.9. The number of benzene rings is 1. The minimum absolute atomic E-state index is 0.0330. The molecule has 23 heavy (non-hydrogen) atoms. The van der Waals surface area contributed by atoms with Gasteiger partial charge in [0.25, 0.3) is 5.91 Å². The maximum atomic E-state index is 13.3. The lowest BCUT2D eigenvalue weighted by Crippen LogP contribution is -2.55. The number of pyridine rings is 1. The van der Waals surface area contributed by atoms with Crippen LogP contribution in [0.5, 0.6) is 5.75 Å². The van der Waals surface area contributed by atoms with Crippen LogP contribution in [0.1, 0.15) is 21.6 Å². The minimum atomic E-state index is -1.59. The number of nitrogens with one attached hydrogen (secondary N) is 1. The Balaban J connectivity index is 1.91. The van der Waals surface area contributed by atoms with Crippen molar-refractivity contribution in [3.8, 4) is 5.75 Å². The topological polar surface area (TPSA) is 99.5 Å². The van der Waals surface area contributed by atoms with Crippen molar-refractivity contribution in [2.45, 2.75) is 18.4 Å². The fraction of sp³-hybridized carbons (Fsp3) is 0.188. The summed E-state index contributed by atoms with van der Waals surface area (Å²) < 4.78 is 13.3. The number of nitrogens with zero attached hydrogens (tertiary/aromatic N) is 1. The Bertz CT molecular complexity index is 808. The minimum Gasteiger partial charge on any atom is -0.505 e. The van der Waals surface area contributed by atoms with Gasteiger partial charge in [-0.15, -0.1) is 0 Å². The lowest BCUT2D eigenvalue weighted by Gasteiger charge is -2.25. The quantitative estimate of drug-likeness (QED) is 0.792. The highest BCUT2D eigenvalue weighted by Gasteiger charge is 2.46. The van der Waals surface area contributed by atoms with Crippen LogP contribution < -0.4 is 5.32 Å². The van der Waals surface area contributed by atoms with Gasteiger partial charge in [-0.1, -0.05) is 6.07 Å². The van der Waals surface area contributed by atoms with Crippen LogP contribution in [0.15, 0.2) is 36.5 Å². The number of fused-ring (bicyclic) bond motifs is 1. The van der Waals surface area contributed by atoms with Gasteiger partial charge in [-0.2, -0.15) is 0 Å². The summed E-state index contributed by atoms with van der Waals surface area (Å²) in [5.74, 6) is -2.82. The molecule has 0 spiro atoms. The van der Waals surface area contributed by atoms with E-state index in [2.05, 4.69) is 10.3 Å². The number of hydrogen-bond acceptors (Lipinski definition) is 4. The first-order valence-corrected chi connectivity index (χ1v) is 6.88. The van der Waals surface area contributed by atoms with Crippen molar-refractivity contribution >= 4 is 11.9 Å². The summed E-state index contributed by atoms with van der Waals surface area (Å²) in [6.45, 7) is 0. The second-order valence-corrected chi connectivity index (χ2v) is 5.48. The molecular formula is C16H13FN2O4. The number of halogens is 1. The Labute approximate surface area is 130 Å². The van der Waals surface area contributed by atoms with Crippen LogP contribution in [0.25, 0.3) is 0 Å². The molecular weight excluding hydrogens is 303 g/mol. The standard InChI is InChI=1S/C16H13FN2O4/c17-11-4-3-9-7-16(15(22)23,8-10(9)6-11)19-14(21)13-12(20)2-1-5-18-13/h1-6,20H,7-8H2,(H,19,21)(H,22,23). The van der Waals surface area contributed by atoms with Gasteiger partial charge in [0.15, 0.2) is 5.69 Å². The Morgan fingerprint density at radius 1 is 1.22 bits per heavy atom. The van der Waals surface area contributed by atoms with E-state index in [9.17, 15) is 24.2 Å². The van der Waals surface area contributed by atoms with E-state index in [1.807, 2.05) is 0 Å². The van der Waals surface area contributed by atoms with Gasteiger partial charge in [0.05, 0.1) is 0 Å². The second-order valence-electron chi connectivity index (χ2n) is 5.48. The number of aliphatic carboxylic acids is 1. The van der Waals surface area contributed by atoms with Crippen LogP contribution in [0.2, 0.25) is 0 Å². The van der Waals surface area contributed by atoms with Gasteiger partial charge in [0, 0.05) is 19.0 Å². The molecule has 1 atom stereocenters. The molecule has 3 rings (SSSR count). The normalized spacial score (nSPS) is 19.2. The Morgan fingerprint density at radius 3 is 2.65 bits per heavy atom. The van der Waals surface area contributed by atoms with Gasteiger partial charge in [-0.05, 0) is 35.4 Å². The molecule has 118 valence electrons. The molecule has 0 radical (unpaired) electrons. The fourth-order valence-corrected chi connectivity index (χ4v) is 2.79. The summed E-state index contributed by atoms with van der Waals surface area (Å²) in [5, 5.41) is 21.7. The molecule has 6 nitrogen and oxygen atoms in total. The number of carboxylic acids is 1. The molecule has 1 aromatic heterocycles. The third-order valence-corrected chi connectivity index (χ3v) is 3.92. The van der Waals surface area contributed by atoms with Gasteiger partial charge in [0.1, 0.15) is 17.1 Å². The first-order valence-electron chi connectivity index (χ1n) is 6.88. The Hall–Kier alpha value is -2.96. The van der Waals surface area contributed by atoms with Crippen molar-refractivity contribution in [3.63, 3.8) is 0 Å². The predicted molar refractivity (Wildman–Crippen MR) is 77.5 cm³/mol. The third kappa shape index (κ3) is 2.61. The molecule has 7 heteroatoms. The number of carbonyl (C=O) groups excluding carboxylic acids is 1. The van der Waals surface area contributed by atoms with E-state index in [0.29, 0.717) is 11.1 Å². The SMILES string of the molecule is O=C(NC1(C(=O)O)Cc2ccc(F)cc2C1)c1ncccc1O. The van der Waals surface area contributed by atoms with Crippen LogP contribution in [0, 0.1) is 5.82 Å². The number of aromatic nitrogens is 1. The summed E-state index contributed by atoms with van der Waals surface area (Å²) in [7, 11) is 0. The average molecular weight is 316 g/mol. The zero-order valence-corrected chi connectivity index (χ0v) is 11.9. The van der Waals surface area contributed by atoms with Gasteiger partial charge in [-0.25, -0.2) is 14.2 Å². The van der Waals surface area contributed by atoms with Crippen molar-refractivity contribution in [3.05, 3.63) is 59.2 Å². The highest BCUT2D eigenvalue weighted by molar-refractivity contribution is 5.98. The van der Waals surface area contributed by atoms with Crippen molar-refractivity contribution in [1.29, 1.82) is 0 Å². The molecule has 1 heterocycles. The van der Waals surface area contributed by atoms with Crippen molar-refractivity contribution in [2.75, 3.05) is 0 Å². The van der Waals surface area contributed by atoms with Crippen LogP contribution in [-0.2, 0) is 17.6 Å². The summed E-state index contributed by atoms with van der Waals surface area (Å²) in [6.07, 6.45) is 1.33. The molecule has 0 aliphatic heterocycles. The maximum Gasteiger partial charge on any atom is 0.330 e. The predicted octanol–water partition coefficient (Wildman–Crippen LogP) is 1.28. The third-order valence-electron chi connectivity index (χ3n) is 3.92. The smallest absolute Gasteiger partial charge is 0.330 e. The van der Waals surface area contributed by atoms with Gasteiger partial charge in [-0.3, -0.25) is 4.79 Å². The van der Waals surface area contributed by atoms with E-state index < -0.39 is 23.2 Å². The summed E-state index contributed by atoms with van der Waals surface area (Å²) in [6, 6.07) is 6.77. The molecule has 1 aliphatic rings. The van der Waals surface area contributed by atoms with Crippen LogP contribution >= 0.6 is 0 Å². The van der Waals surface area contributed by atoms with E-state index >= 15 is 0 Å². The summed E-state index contributed by atoms with van der Waals surface area (Å²) >= 11 is 0. The number of rotatable bonds is 3. The number of hydrogen-bond donors (Lipinski definition) is 3. The average Bonchev–Trinajstić information content (AvgIpc) is 2.86. The molecule has 1 amide bonds. The monoisotopic (exact) mass is 316 g/mol. The molecule has 1 unspecified atom stereocenters. The van der Waals surface area contributed by atoms with Crippen LogP contribution in [0.3, 0.4) is 0 Å².